The van der Waals surface area contributed by atoms with Crippen LogP contribution in [0.15, 0.2) is 64.2 Å². The number of nitrogens with zero attached hydrogens (tertiary/aromatic N) is 2. The second-order valence-electron chi connectivity index (χ2n) is 7.67. The third-order valence-corrected chi connectivity index (χ3v) is 6.22. The number of hydrazone groups is 1. The molecule has 0 unspecified atom stereocenters. The van der Waals surface area contributed by atoms with Crippen LogP contribution in [0.25, 0.3) is 0 Å². The maximum Gasteiger partial charge on any atom is 0.243 e. The summed E-state index contributed by atoms with van der Waals surface area (Å²) in [4.78, 5) is 25.1. The molecular weight excluding hydrogens is 430 g/mol. The number of benzene rings is 2. The zero-order valence-corrected chi connectivity index (χ0v) is 17.8. The average Bonchev–Trinajstić information content (AvgIpc) is 3.20. The van der Waals surface area contributed by atoms with Crippen LogP contribution in [0, 0.1) is 0 Å². The molecule has 1 aliphatic heterocycles. The first kappa shape index (κ1) is 19.8. The summed E-state index contributed by atoms with van der Waals surface area (Å²) in [6, 6.07) is 18.0. The Kier molecular flexibility index (Phi) is 5.81. The zero-order chi connectivity index (χ0) is 20.3. The summed E-state index contributed by atoms with van der Waals surface area (Å²) in [6.45, 7) is 0.576. The third kappa shape index (κ3) is 4.42. The van der Waals surface area contributed by atoms with E-state index in [9.17, 15) is 9.59 Å². The molecule has 2 aromatic rings. The predicted octanol–water partition coefficient (Wildman–Crippen LogP) is 4.36. The van der Waals surface area contributed by atoms with Crippen LogP contribution in [0.4, 0.5) is 0 Å². The Balaban J connectivity index is 1.33. The van der Waals surface area contributed by atoms with Gasteiger partial charge in [0.15, 0.2) is 0 Å². The molecule has 0 aromatic heterocycles. The van der Waals surface area contributed by atoms with E-state index >= 15 is 0 Å². The van der Waals surface area contributed by atoms with E-state index in [0.717, 1.165) is 47.0 Å². The molecule has 0 atom stereocenters. The zero-order valence-electron chi connectivity index (χ0n) is 16.2. The highest BCUT2D eigenvalue weighted by atomic mass is 79.9. The smallest absolute Gasteiger partial charge is 0.243 e. The molecule has 1 saturated carbocycles. The van der Waals surface area contributed by atoms with Crippen molar-refractivity contribution in [2.45, 2.75) is 44.1 Å². The maximum absolute atomic E-state index is 12.6. The van der Waals surface area contributed by atoms with Gasteiger partial charge in [-0.2, -0.15) is 5.10 Å². The first-order valence-corrected chi connectivity index (χ1v) is 10.9. The molecule has 29 heavy (non-hydrogen) atoms. The van der Waals surface area contributed by atoms with Crippen LogP contribution < -0.4 is 5.32 Å². The minimum atomic E-state index is -0.295. The molecule has 2 aliphatic rings. The van der Waals surface area contributed by atoms with E-state index in [1.54, 1.807) is 0 Å². The molecule has 2 aromatic carbocycles. The standard InChI is InChI=1S/C23H24BrN3O2/c24-19-9-4-8-18(16-19)23(13-5-14-23)25-21(28)10-11-22(29)27-15-12-20(26-27)17-6-2-1-3-7-17/h1-4,6-9,16H,5,10-15H2,(H,25,28). The van der Waals surface area contributed by atoms with Gasteiger partial charge in [0.2, 0.25) is 11.8 Å². The fourth-order valence-electron chi connectivity index (χ4n) is 3.95. The number of carbonyl (C=O) groups excluding carboxylic acids is 2. The van der Waals surface area contributed by atoms with Crippen molar-refractivity contribution in [1.29, 1.82) is 0 Å². The van der Waals surface area contributed by atoms with Crippen LogP contribution in [-0.2, 0) is 15.1 Å². The lowest BCUT2D eigenvalue weighted by Gasteiger charge is -2.43. The summed E-state index contributed by atoms with van der Waals surface area (Å²) < 4.78 is 1.01. The first-order valence-electron chi connectivity index (χ1n) is 10.1. The minimum Gasteiger partial charge on any atom is -0.347 e. The van der Waals surface area contributed by atoms with Crippen molar-refractivity contribution in [3.05, 3.63) is 70.2 Å². The molecule has 0 saturated heterocycles. The highest BCUT2D eigenvalue weighted by molar-refractivity contribution is 9.10. The summed E-state index contributed by atoms with van der Waals surface area (Å²) >= 11 is 3.51. The Hall–Kier alpha value is -2.47. The largest absolute Gasteiger partial charge is 0.347 e. The Morgan fingerprint density at radius 1 is 1.07 bits per heavy atom. The topological polar surface area (TPSA) is 61.8 Å². The van der Waals surface area contributed by atoms with Gasteiger partial charge in [-0.15, -0.1) is 0 Å². The number of amides is 2. The molecule has 1 aliphatic carbocycles. The molecule has 1 heterocycles. The summed E-state index contributed by atoms with van der Waals surface area (Å²) in [7, 11) is 0. The van der Waals surface area contributed by atoms with Crippen LogP contribution in [-0.4, -0.2) is 29.1 Å². The lowest BCUT2D eigenvalue weighted by atomic mass is 9.71. The molecule has 0 bridgehead atoms. The van der Waals surface area contributed by atoms with E-state index in [1.807, 2.05) is 42.5 Å². The molecule has 0 spiro atoms. The summed E-state index contributed by atoms with van der Waals surface area (Å²) in [5, 5.41) is 9.15. The monoisotopic (exact) mass is 453 g/mol. The average molecular weight is 454 g/mol. The summed E-state index contributed by atoms with van der Waals surface area (Å²) in [6.07, 6.45) is 4.05. The second-order valence-corrected chi connectivity index (χ2v) is 8.59. The Labute approximate surface area is 179 Å². The van der Waals surface area contributed by atoms with Gasteiger partial charge >= 0.3 is 0 Å². The van der Waals surface area contributed by atoms with Crippen molar-refractivity contribution in [3.63, 3.8) is 0 Å². The van der Waals surface area contributed by atoms with Crippen LogP contribution in [0.3, 0.4) is 0 Å². The Morgan fingerprint density at radius 2 is 1.86 bits per heavy atom. The van der Waals surface area contributed by atoms with Crippen molar-refractivity contribution < 1.29 is 9.59 Å². The molecule has 2 amide bonds. The van der Waals surface area contributed by atoms with Gasteiger partial charge < -0.3 is 5.32 Å². The minimum absolute atomic E-state index is 0.0792. The second kappa shape index (κ2) is 8.49. The van der Waals surface area contributed by atoms with Crippen molar-refractivity contribution in [1.82, 2.24) is 10.3 Å². The van der Waals surface area contributed by atoms with Crippen LogP contribution in [0.5, 0.6) is 0 Å². The number of halogens is 1. The van der Waals surface area contributed by atoms with Gasteiger partial charge in [-0.1, -0.05) is 58.4 Å². The van der Waals surface area contributed by atoms with E-state index in [2.05, 4.69) is 38.5 Å². The third-order valence-electron chi connectivity index (χ3n) is 5.73. The fraction of sp³-hybridized carbons (Fsp3) is 0.348. The SMILES string of the molecule is O=C(CCC(=O)N1CCC(c2ccccc2)=N1)NC1(c2cccc(Br)c2)CCC1. The van der Waals surface area contributed by atoms with Gasteiger partial charge in [-0.25, -0.2) is 5.01 Å². The molecule has 0 radical (unpaired) electrons. The van der Waals surface area contributed by atoms with Gasteiger partial charge in [0, 0.05) is 23.7 Å². The van der Waals surface area contributed by atoms with Gasteiger partial charge in [-0.3, -0.25) is 9.59 Å². The normalized spacial score (nSPS) is 17.4. The molecule has 4 rings (SSSR count). The van der Waals surface area contributed by atoms with Gasteiger partial charge in [0.25, 0.3) is 0 Å². The van der Waals surface area contributed by atoms with E-state index in [4.69, 9.17) is 0 Å². The van der Waals surface area contributed by atoms with E-state index in [0.29, 0.717) is 6.54 Å². The number of nitrogens with one attached hydrogen (secondary N) is 1. The van der Waals surface area contributed by atoms with Crippen LogP contribution in [0.1, 0.15) is 49.7 Å². The first-order chi connectivity index (χ1) is 14.1. The van der Waals surface area contributed by atoms with E-state index in [-0.39, 0.29) is 30.2 Å². The molecule has 6 heteroatoms. The van der Waals surface area contributed by atoms with Gasteiger partial charge in [-0.05, 0) is 42.5 Å². The number of rotatable bonds is 6. The van der Waals surface area contributed by atoms with E-state index < -0.39 is 0 Å². The van der Waals surface area contributed by atoms with Crippen LogP contribution >= 0.6 is 15.9 Å². The Bertz CT molecular complexity index is 938. The van der Waals surface area contributed by atoms with Crippen molar-refractivity contribution in [2.75, 3.05) is 6.54 Å². The molecule has 5 nitrogen and oxygen atoms in total. The van der Waals surface area contributed by atoms with Crippen LogP contribution in [0.2, 0.25) is 0 Å². The predicted molar refractivity (Wildman–Crippen MR) is 116 cm³/mol. The van der Waals surface area contributed by atoms with Crippen molar-refractivity contribution in [2.24, 2.45) is 5.10 Å². The van der Waals surface area contributed by atoms with Crippen molar-refractivity contribution in [3.8, 4) is 0 Å². The lowest BCUT2D eigenvalue weighted by Crippen LogP contribution is -2.50. The summed E-state index contributed by atoms with van der Waals surface area (Å²) in [5.41, 5.74) is 2.79. The highest BCUT2D eigenvalue weighted by Crippen LogP contribution is 2.42. The molecular formula is C23H24BrN3O2. The van der Waals surface area contributed by atoms with Gasteiger partial charge in [0.1, 0.15) is 0 Å². The van der Waals surface area contributed by atoms with E-state index in [1.165, 1.54) is 5.01 Å². The Morgan fingerprint density at radius 3 is 2.55 bits per heavy atom. The quantitative estimate of drug-likeness (QED) is 0.705. The molecule has 150 valence electrons. The molecule has 1 fully saturated rings. The number of carbonyl (C=O) groups is 2. The summed E-state index contributed by atoms with van der Waals surface area (Å²) in [5.74, 6) is -0.180. The highest BCUT2D eigenvalue weighted by Gasteiger charge is 2.40. The van der Waals surface area contributed by atoms with Gasteiger partial charge in [0.05, 0.1) is 17.8 Å². The number of hydrogen-bond donors (Lipinski definition) is 1. The lowest BCUT2D eigenvalue weighted by molar-refractivity contribution is -0.134. The van der Waals surface area contributed by atoms with Crippen molar-refractivity contribution >= 4 is 33.5 Å². The number of hydrogen-bond acceptors (Lipinski definition) is 3. The fourth-order valence-corrected chi connectivity index (χ4v) is 4.35. The molecule has 1 N–H and O–H groups in total. The maximum atomic E-state index is 12.6.